The Morgan fingerprint density at radius 1 is 1.15 bits per heavy atom. The molecule has 6 nitrogen and oxygen atoms in total. The highest BCUT2D eigenvalue weighted by Crippen LogP contribution is 2.26. The molecule has 2 aromatic rings. The van der Waals surface area contributed by atoms with Crippen LogP contribution in [0.1, 0.15) is 64.2 Å². The van der Waals surface area contributed by atoms with Gasteiger partial charge >= 0.3 is 0 Å². The van der Waals surface area contributed by atoms with E-state index in [1.165, 1.54) is 45.3 Å². The van der Waals surface area contributed by atoms with Crippen molar-refractivity contribution >= 4 is 23.1 Å². The largest absolute Gasteiger partial charge is 0.479 e. The van der Waals surface area contributed by atoms with Gasteiger partial charge in [0.1, 0.15) is 17.2 Å². The first-order valence-corrected chi connectivity index (χ1v) is 13.7. The number of rotatable bonds is 10. The van der Waals surface area contributed by atoms with Crippen LogP contribution in [0.2, 0.25) is 0 Å². The van der Waals surface area contributed by atoms with Gasteiger partial charge in [0, 0.05) is 26.3 Å². The number of nitrogens with zero attached hydrogens (tertiary/aromatic N) is 4. The number of allylic oxidation sites excluding steroid dienone is 1. The van der Waals surface area contributed by atoms with Crippen molar-refractivity contribution in [3.8, 4) is 0 Å². The molecule has 2 heterocycles. The first kappa shape index (κ1) is 31.9. The van der Waals surface area contributed by atoms with E-state index in [0.717, 1.165) is 36.5 Å². The zero-order valence-electron chi connectivity index (χ0n) is 24.9. The van der Waals surface area contributed by atoms with Crippen LogP contribution in [-0.2, 0) is 16.8 Å². The van der Waals surface area contributed by atoms with Crippen molar-refractivity contribution in [1.29, 1.82) is 0 Å². The minimum absolute atomic E-state index is 0.397. The number of aliphatic imine (C=N–C) groups is 2. The fourth-order valence-corrected chi connectivity index (χ4v) is 4.04. The van der Waals surface area contributed by atoms with Crippen LogP contribution in [-0.4, -0.2) is 61.8 Å². The summed E-state index contributed by atoms with van der Waals surface area (Å²) < 4.78 is 19.2. The van der Waals surface area contributed by atoms with E-state index in [1.807, 2.05) is 26.1 Å². The molecule has 1 fully saturated rings. The predicted molar refractivity (Wildman–Crippen MR) is 165 cm³/mol. The number of hydrogen-bond donors (Lipinski definition) is 1. The summed E-state index contributed by atoms with van der Waals surface area (Å²) in [6.07, 6.45) is 7.64. The first-order chi connectivity index (χ1) is 18.6. The van der Waals surface area contributed by atoms with Crippen molar-refractivity contribution in [1.82, 2.24) is 9.88 Å². The molecule has 1 N–H and O–H groups in total. The van der Waals surface area contributed by atoms with Gasteiger partial charge in [-0.05, 0) is 88.9 Å². The molecule has 3 rings (SSSR count). The Kier molecular flexibility index (Phi) is 13.0. The van der Waals surface area contributed by atoms with E-state index < -0.39 is 5.67 Å². The van der Waals surface area contributed by atoms with Crippen LogP contribution in [0.3, 0.4) is 0 Å². The van der Waals surface area contributed by atoms with Crippen LogP contribution in [0.4, 0.5) is 10.2 Å². The number of methoxy groups -OCH3 is 1. The summed E-state index contributed by atoms with van der Waals surface area (Å²) in [6.45, 7) is 17.8. The molecular formula is C32H46FN5O. The maximum Gasteiger partial charge on any atom is 0.239 e. The summed E-state index contributed by atoms with van der Waals surface area (Å²) in [5.74, 6) is 1.39. The van der Waals surface area contributed by atoms with Crippen molar-refractivity contribution < 1.29 is 9.13 Å². The highest BCUT2D eigenvalue weighted by molar-refractivity contribution is 6.44. The van der Waals surface area contributed by atoms with E-state index in [0.29, 0.717) is 22.9 Å². The molecule has 1 aliphatic rings. The van der Waals surface area contributed by atoms with Gasteiger partial charge < -0.3 is 15.0 Å². The van der Waals surface area contributed by atoms with Gasteiger partial charge in [0.15, 0.2) is 0 Å². The summed E-state index contributed by atoms with van der Waals surface area (Å²) in [4.78, 5) is 15.5. The Morgan fingerprint density at radius 2 is 1.82 bits per heavy atom. The molecule has 39 heavy (non-hydrogen) atoms. The van der Waals surface area contributed by atoms with Crippen LogP contribution in [0, 0.1) is 0 Å². The molecule has 0 spiro atoms. The molecular weight excluding hydrogens is 489 g/mol. The lowest BCUT2D eigenvalue weighted by molar-refractivity contribution is 0.221. The van der Waals surface area contributed by atoms with Crippen molar-refractivity contribution in [2.75, 3.05) is 45.7 Å². The van der Waals surface area contributed by atoms with E-state index in [2.05, 4.69) is 50.8 Å². The van der Waals surface area contributed by atoms with E-state index in [1.54, 1.807) is 38.4 Å². The van der Waals surface area contributed by atoms with Crippen LogP contribution in [0.15, 0.2) is 70.8 Å². The fraction of sp³-hybridized carbons (Fsp3) is 0.469. The van der Waals surface area contributed by atoms with Crippen LogP contribution < -0.4 is 5.32 Å². The molecule has 0 bridgehead atoms. The molecule has 0 unspecified atom stereocenters. The molecule has 212 valence electrons. The third-order valence-electron chi connectivity index (χ3n) is 6.39. The highest BCUT2D eigenvalue weighted by atomic mass is 19.1. The monoisotopic (exact) mass is 535 g/mol. The lowest BCUT2D eigenvalue weighted by atomic mass is 9.98. The number of aryl methyl sites for hydroxylation is 1. The standard InChI is InChI=1S/C19H25FN2O.C13H21N3/c1-13(2)12-17(21-6)18(23-7)22-14(3)15-8-10-16(11-9-15)19(4,5)20;1-2-12-5-6-13(15-11-12)14-7-10-16-8-3-4-9-16/h8-12H,3H2,1-2,4-7H3;5-6,11H,2-4,7-10H2,1H3,(H,14,15). The number of pyridine rings is 1. The Morgan fingerprint density at radius 3 is 2.31 bits per heavy atom. The summed E-state index contributed by atoms with van der Waals surface area (Å²) in [7, 11) is 3.23. The normalized spacial score (nSPS) is 14.4. The third-order valence-corrected chi connectivity index (χ3v) is 6.39. The Balaban J connectivity index is 0.000000290. The summed E-state index contributed by atoms with van der Waals surface area (Å²) in [5.41, 5.74) is 3.63. The van der Waals surface area contributed by atoms with Gasteiger partial charge in [-0.15, -0.1) is 0 Å². The van der Waals surface area contributed by atoms with Crippen molar-refractivity contribution in [2.24, 2.45) is 9.98 Å². The van der Waals surface area contributed by atoms with Crippen molar-refractivity contribution in [3.63, 3.8) is 0 Å². The Hall–Kier alpha value is -3.32. The zero-order valence-corrected chi connectivity index (χ0v) is 24.9. The third kappa shape index (κ3) is 11.1. The van der Waals surface area contributed by atoms with Gasteiger partial charge in [-0.1, -0.05) is 49.4 Å². The number of benzene rings is 1. The fourth-order valence-electron chi connectivity index (χ4n) is 4.04. The smallest absolute Gasteiger partial charge is 0.239 e. The average Bonchev–Trinajstić information content (AvgIpc) is 3.44. The average molecular weight is 536 g/mol. The van der Waals surface area contributed by atoms with Crippen LogP contribution >= 0.6 is 0 Å². The lowest BCUT2D eigenvalue weighted by Gasteiger charge is -2.15. The summed E-state index contributed by atoms with van der Waals surface area (Å²) in [5, 5.41) is 3.37. The molecule has 1 aliphatic heterocycles. The van der Waals surface area contributed by atoms with Gasteiger partial charge in [-0.25, -0.2) is 14.4 Å². The number of nitrogens with one attached hydrogen (secondary N) is 1. The summed E-state index contributed by atoms with van der Waals surface area (Å²) in [6, 6.07) is 11.3. The second-order valence-electron chi connectivity index (χ2n) is 10.3. The molecule has 0 saturated carbocycles. The second kappa shape index (κ2) is 15.9. The second-order valence-corrected chi connectivity index (χ2v) is 10.3. The number of alkyl halides is 1. The van der Waals surface area contributed by atoms with E-state index in [9.17, 15) is 4.39 Å². The minimum atomic E-state index is -1.37. The quantitative estimate of drug-likeness (QED) is 0.260. The molecule has 0 radical (unpaired) electrons. The summed E-state index contributed by atoms with van der Waals surface area (Å²) >= 11 is 0. The number of likely N-dealkylation sites (tertiary alicyclic amines) is 1. The van der Waals surface area contributed by atoms with Gasteiger partial charge in [0.25, 0.3) is 0 Å². The molecule has 1 saturated heterocycles. The van der Waals surface area contributed by atoms with E-state index in [-0.39, 0.29) is 0 Å². The maximum atomic E-state index is 13.9. The van der Waals surface area contributed by atoms with E-state index in [4.69, 9.17) is 4.74 Å². The molecule has 7 heteroatoms. The number of halogens is 1. The molecule has 1 aromatic heterocycles. The van der Waals surface area contributed by atoms with Gasteiger partial charge in [-0.2, -0.15) is 0 Å². The molecule has 0 atom stereocenters. The number of aromatic nitrogens is 1. The lowest BCUT2D eigenvalue weighted by Crippen LogP contribution is -2.26. The van der Waals surface area contributed by atoms with E-state index >= 15 is 0 Å². The van der Waals surface area contributed by atoms with Crippen molar-refractivity contribution in [3.05, 3.63) is 77.5 Å². The molecule has 1 aromatic carbocycles. The number of hydrogen-bond acceptors (Lipinski definition) is 6. The van der Waals surface area contributed by atoms with Crippen molar-refractivity contribution in [2.45, 2.75) is 59.5 Å². The first-order valence-electron chi connectivity index (χ1n) is 13.7. The number of ether oxygens (including phenoxy) is 1. The molecule has 0 aliphatic carbocycles. The van der Waals surface area contributed by atoms with Gasteiger partial charge in [-0.3, -0.25) is 4.99 Å². The van der Waals surface area contributed by atoms with Gasteiger partial charge in [0.2, 0.25) is 5.90 Å². The SMILES string of the molecule is C=C(N=C(OC)C(C=C(C)C)=NC)c1ccc(C(C)(C)F)cc1.CCc1ccc(NCCN2CCCC2)nc1. The topological polar surface area (TPSA) is 62.1 Å². The Labute approximate surface area is 234 Å². The Bertz CT molecular complexity index is 1120. The minimum Gasteiger partial charge on any atom is -0.479 e. The van der Waals surface area contributed by atoms with Crippen LogP contribution in [0.5, 0.6) is 0 Å². The van der Waals surface area contributed by atoms with Crippen LogP contribution in [0.25, 0.3) is 5.70 Å². The molecule has 0 amide bonds. The maximum absolute atomic E-state index is 13.9. The zero-order chi connectivity index (χ0) is 28.8. The highest BCUT2D eigenvalue weighted by Gasteiger charge is 2.18. The number of anilines is 1. The van der Waals surface area contributed by atoms with Gasteiger partial charge in [0.05, 0.1) is 12.8 Å². The predicted octanol–water partition coefficient (Wildman–Crippen LogP) is 7.10.